The van der Waals surface area contributed by atoms with E-state index in [2.05, 4.69) is 14.5 Å². The van der Waals surface area contributed by atoms with Crippen molar-refractivity contribution in [1.82, 2.24) is 4.98 Å². The second kappa shape index (κ2) is 4.82. The highest BCUT2D eigenvalue weighted by Gasteiger charge is 2.25. The van der Waals surface area contributed by atoms with Gasteiger partial charge in [-0.3, -0.25) is 0 Å². The van der Waals surface area contributed by atoms with Gasteiger partial charge in [0.25, 0.3) is 6.43 Å². The van der Waals surface area contributed by atoms with Crippen LogP contribution in [0.25, 0.3) is 0 Å². The quantitative estimate of drug-likeness (QED) is 0.751. The highest BCUT2D eigenvalue weighted by Crippen LogP contribution is 2.29. The van der Waals surface area contributed by atoms with Gasteiger partial charge in [-0.2, -0.15) is 0 Å². The summed E-state index contributed by atoms with van der Waals surface area (Å²) in [4.78, 5) is 14.5. The number of carbonyl (C=O) groups excluding carboxylic acids is 1. The van der Waals surface area contributed by atoms with Crippen LogP contribution in [0.15, 0.2) is 6.20 Å². The number of pyridine rings is 1. The first kappa shape index (κ1) is 12.3. The number of nitrogens with zero attached hydrogens (tertiary/aromatic N) is 1. The fourth-order valence-corrected chi connectivity index (χ4v) is 1.06. The predicted octanol–water partition coefficient (Wildman–Crippen LogP) is 1.95. The molecule has 1 rings (SSSR count). The first-order valence-corrected chi connectivity index (χ1v) is 4.11. The molecule has 16 heavy (non-hydrogen) atoms. The second-order valence-electron chi connectivity index (χ2n) is 2.70. The van der Waals surface area contributed by atoms with Crippen LogP contribution in [0.2, 0.25) is 0 Å². The number of esters is 1. The number of ether oxygens (including phenoxy) is 2. The van der Waals surface area contributed by atoms with Crippen LogP contribution in [0.1, 0.15) is 22.5 Å². The molecule has 7 heteroatoms. The van der Waals surface area contributed by atoms with Gasteiger partial charge in [0, 0.05) is 6.20 Å². The largest absolute Gasteiger partial charge is 0.491 e. The van der Waals surface area contributed by atoms with Crippen molar-refractivity contribution in [2.45, 2.75) is 6.43 Å². The summed E-state index contributed by atoms with van der Waals surface area (Å²) >= 11 is 0. The molecule has 4 nitrogen and oxygen atoms in total. The van der Waals surface area contributed by atoms with E-state index in [1.165, 1.54) is 0 Å². The summed E-state index contributed by atoms with van der Waals surface area (Å²) in [6.45, 7) is 0. The van der Waals surface area contributed by atoms with Crippen molar-refractivity contribution < 1.29 is 27.4 Å². The van der Waals surface area contributed by atoms with Gasteiger partial charge in [0.1, 0.15) is 0 Å². The SMILES string of the molecule is COC(=O)c1ncc(C(F)F)c(F)c1OC. The predicted molar refractivity (Wildman–Crippen MR) is 47.0 cm³/mol. The maximum Gasteiger partial charge on any atom is 0.360 e. The molecule has 0 aliphatic carbocycles. The molecular weight excluding hydrogens is 227 g/mol. The molecule has 0 saturated heterocycles. The Balaban J connectivity index is 3.35. The minimum absolute atomic E-state index is 0.480. The first-order valence-electron chi connectivity index (χ1n) is 4.11. The number of methoxy groups -OCH3 is 2. The van der Waals surface area contributed by atoms with Crippen LogP contribution in [0.4, 0.5) is 13.2 Å². The monoisotopic (exact) mass is 235 g/mol. The number of alkyl halides is 2. The smallest absolute Gasteiger partial charge is 0.360 e. The van der Waals surface area contributed by atoms with Gasteiger partial charge in [0.05, 0.1) is 19.8 Å². The van der Waals surface area contributed by atoms with Crippen molar-refractivity contribution in [1.29, 1.82) is 0 Å². The van der Waals surface area contributed by atoms with Crippen molar-refractivity contribution in [3.8, 4) is 5.75 Å². The third kappa shape index (κ3) is 2.07. The molecule has 88 valence electrons. The fraction of sp³-hybridized carbons (Fsp3) is 0.333. The molecule has 0 aliphatic heterocycles. The van der Waals surface area contributed by atoms with Gasteiger partial charge >= 0.3 is 5.97 Å². The number of aromatic nitrogens is 1. The zero-order valence-corrected chi connectivity index (χ0v) is 8.46. The van der Waals surface area contributed by atoms with Crippen molar-refractivity contribution in [3.05, 3.63) is 23.3 Å². The minimum atomic E-state index is -3.03. The molecule has 1 aromatic heterocycles. The number of hydrogen-bond acceptors (Lipinski definition) is 4. The Hall–Kier alpha value is -1.79. The third-order valence-corrected chi connectivity index (χ3v) is 1.82. The van der Waals surface area contributed by atoms with E-state index in [4.69, 9.17) is 0 Å². The Morgan fingerprint density at radius 3 is 2.50 bits per heavy atom. The molecule has 0 N–H and O–H groups in total. The van der Waals surface area contributed by atoms with E-state index >= 15 is 0 Å². The Bertz CT molecular complexity index is 409. The topological polar surface area (TPSA) is 48.4 Å². The molecular formula is C9H8F3NO3. The van der Waals surface area contributed by atoms with Crippen LogP contribution in [0, 0.1) is 5.82 Å². The Kier molecular flexibility index (Phi) is 3.70. The Morgan fingerprint density at radius 2 is 2.06 bits per heavy atom. The van der Waals surface area contributed by atoms with Crippen LogP contribution in [-0.2, 0) is 4.74 Å². The third-order valence-electron chi connectivity index (χ3n) is 1.82. The maximum absolute atomic E-state index is 13.4. The minimum Gasteiger partial charge on any atom is -0.491 e. The lowest BCUT2D eigenvalue weighted by Gasteiger charge is -2.09. The first-order chi connectivity index (χ1) is 7.52. The molecule has 0 bridgehead atoms. The van der Waals surface area contributed by atoms with E-state index in [1.807, 2.05) is 0 Å². The molecule has 0 aliphatic rings. The fourth-order valence-electron chi connectivity index (χ4n) is 1.06. The molecule has 0 unspecified atom stereocenters. The summed E-state index contributed by atoms with van der Waals surface area (Å²) in [5, 5.41) is 0. The van der Waals surface area contributed by atoms with Gasteiger partial charge in [0.15, 0.2) is 17.3 Å². The lowest BCUT2D eigenvalue weighted by atomic mass is 10.2. The van der Waals surface area contributed by atoms with Crippen molar-refractivity contribution in [2.24, 2.45) is 0 Å². The molecule has 0 spiro atoms. The van der Waals surface area contributed by atoms with E-state index in [1.54, 1.807) is 0 Å². The lowest BCUT2D eigenvalue weighted by molar-refractivity contribution is 0.0587. The lowest BCUT2D eigenvalue weighted by Crippen LogP contribution is -2.10. The zero-order chi connectivity index (χ0) is 12.3. The van der Waals surface area contributed by atoms with E-state index in [9.17, 15) is 18.0 Å². The van der Waals surface area contributed by atoms with E-state index in [0.717, 1.165) is 14.2 Å². The van der Waals surface area contributed by atoms with Crippen molar-refractivity contribution in [3.63, 3.8) is 0 Å². The molecule has 0 fully saturated rings. The molecule has 1 heterocycles. The second-order valence-corrected chi connectivity index (χ2v) is 2.70. The van der Waals surface area contributed by atoms with Gasteiger partial charge in [-0.05, 0) is 0 Å². The molecule has 1 aromatic rings. The van der Waals surface area contributed by atoms with E-state index < -0.39 is 35.2 Å². The average molecular weight is 235 g/mol. The summed E-state index contributed by atoms with van der Waals surface area (Å²) in [7, 11) is 2.10. The maximum atomic E-state index is 13.4. The van der Waals surface area contributed by atoms with Gasteiger partial charge < -0.3 is 9.47 Å². The summed E-state index contributed by atoms with van der Waals surface area (Å²) in [6.07, 6.45) is -2.46. The summed E-state index contributed by atoms with van der Waals surface area (Å²) in [5.41, 5.74) is -1.41. The molecule has 0 saturated carbocycles. The molecule has 0 amide bonds. The summed E-state index contributed by atoms with van der Waals surface area (Å²) in [5.74, 6) is -2.92. The van der Waals surface area contributed by atoms with Crippen LogP contribution in [0.3, 0.4) is 0 Å². The van der Waals surface area contributed by atoms with Crippen LogP contribution < -0.4 is 4.74 Å². The van der Waals surface area contributed by atoms with Gasteiger partial charge in [0.2, 0.25) is 0 Å². The number of hydrogen-bond donors (Lipinski definition) is 0. The zero-order valence-electron chi connectivity index (χ0n) is 8.46. The molecule has 0 aromatic carbocycles. The average Bonchev–Trinajstić information content (AvgIpc) is 2.26. The Labute approximate surface area is 89.0 Å². The highest BCUT2D eigenvalue weighted by molar-refractivity contribution is 5.90. The van der Waals surface area contributed by atoms with Crippen LogP contribution >= 0.6 is 0 Å². The number of carbonyl (C=O) groups is 1. The van der Waals surface area contributed by atoms with Gasteiger partial charge in [-0.15, -0.1) is 0 Å². The van der Waals surface area contributed by atoms with Gasteiger partial charge in [-0.25, -0.2) is 22.9 Å². The van der Waals surface area contributed by atoms with Crippen molar-refractivity contribution >= 4 is 5.97 Å². The van der Waals surface area contributed by atoms with Crippen molar-refractivity contribution in [2.75, 3.05) is 14.2 Å². The number of rotatable bonds is 3. The molecule has 0 atom stereocenters. The molecule has 0 radical (unpaired) electrons. The Morgan fingerprint density at radius 1 is 1.44 bits per heavy atom. The van der Waals surface area contributed by atoms with Crippen LogP contribution in [0.5, 0.6) is 5.75 Å². The van der Waals surface area contributed by atoms with Gasteiger partial charge in [-0.1, -0.05) is 0 Å². The standard InChI is InChI=1S/C9H8F3NO3/c1-15-7-5(10)4(8(11)12)3-13-6(7)9(14)16-2/h3,8H,1-2H3. The summed E-state index contributed by atoms with van der Waals surface area (Å²) < 4.78 is 46.9. The van der Waals surface area contributed by atoms with E-state index in [0.29, 0.717) is 6.20 Å². The van der Waals surface area contributed by atoms with E-state index in [-0.39, 0.29) is 0 Å². The summed E-state index contributed by atoms with van der Waals surface area (Å²) in [6, 6.07) is 0. The normalized spacial score (nSPS) is 10.4. The van der Waals surface area contributed by atoms with Crippen LogP contribution in [-0.4, -0.2) is 25.2 Å². The highest BCUT2D eigenvalue weighted by atomic mass is 19.3. The number of halogens is 3.